The highest BCUT2D eigenvalue weighted by Gasteiger charge is 2.25. The van der Waals surface area contributed by atoms with E-state index < -0.39 is 0 Å². The molecule has 0 bridgehead atoms. The summed E-state index contributed by atoms with van der Waals surface area (Å²) in [6, 6.07) is 0. The molecule has 88 valence electrons. The molecule has 3 nitrogen and oxygen atoms in total. The molecule has 0 saturated carbocycles. The number of nitrogens with one attached hydrogen (secondary N) is 1. The van der Waals surface area contributed by atoms with Crippen molar-refractivity contribution in [2.45, 2.75) is 32.0 Å². The molecule has 1 aliphatic heterocycles. The van der Waals surface area contributed by atoms with Crippen molar-refractivity contribution in [2.24, 2.45) is 0 Å². The lowest BCUT2D eigenvalue weighted by Crippen LogP contribution is -2.31. The van der Waals surface area contributed by atoms with Crippen molar-refractivity contribution < 1.29 is 4.74 Å². The average molecular weight is 212 g/mol. The molecule has 0 spiro atoms. The van der Waals surface area contributed by atoms with Crippen molar-refractivity contribution in [1.29, 1.82) is 0 Å². The molecule has 1 rings (SSSR count). The van der Waals surface area contributed by atoms with Crippen LogP contribution in [-0.2, 0) is 4.74 Å². The van der Waals surface area contributed by atoms with Gasteiger partial charge in [-0.05, 0) is 33.9 Å². The van der Waals surface area contributed by atoms with Crippen LogP contribution in [0.15, 0.2) is 12.2 Å². The van der Waals surface area contributed by atoms with Gasteiger partial charge < -0.3 is 10.1 Å². The van der Waals surface area contributed by atoms with Gasteiger partial charge in [0.2, 0.25) is 0 Å². The highest BCUT2D eigenvalue weighted by molar-refractivity contribution is 4.91. The maximum absolute atomic E-state index is 5.92. The average Bonchev–Trinajstić information content (AvgIpc) is 2.51. The van der Waals surface area contributed by atoms with E-state index in [1.807, 2.05) is 7.05 Å². The minimum atomic E-state index is 0.410. The Morgan fingerprint density at radius 3 is 2.73 bits per heavy atom. The smallest absolute Gasteiger partial charge is 0.0707 e. The quantitative estimate of drug-likeness (QED) is 0.671. The molecule has 1 saturated heterocycles. The Morgan fingerprint density at radius 1 is 1.47 bits per heavy atom. The second kappa shape index (κ2) is 6.26. The van der Waals surface area contributed by atoms with E-state index in [-0.39, 0.29) is 0 Å². The Morgan fingerprint density at radius 2 is 2.13 bits per heavy atom. The Balaban J connectivity index is 2.20. The summed E-state index contributed by atoms with van der Waals surface area (Å²) in [5.41, 5.74) is 1.21. The van der Waals surface area contributed by atoms with Crippen molar-refractivity contribution in [3.05, 3.63) is 12.2 Å². The summed E-state index contributed by atoms with van der Waals surface area (Å²) in [5.74, 6) is 0. The normalized spacial score (nSPS) is 26.1. The summed E-state index contributed by atoms with van der Waals surface area (Å²) in [4.78, 5) is 2.29. The minimum absolute atomic E-state index is 0.410. The third-order valence-electron chi connectivity index (χ3n) is 2.68. The molecule has 1 heterocycles. The second-order valence-corrected chi connectivity index (χ2v) is 4.67. The Bertz CT molecular complexity index is 206. The van der Waals surface area contributed by atoms with Gasteiger partial charge in [-0.2, -0.15) is 0 Å². The maximum Gasteiger partial charge on any atom is 0.0707 e. The molecule has 0 aliphatic carbocycles. The molecule has 1 N–H and O–H groups in total. The van der Waals surface area contributed by atoms with Gasteiger partial charge in [-0.25, -0.2) is 0 Å². The molecular formula is C12H24N2O. The fourth-order valence-corrected chi connectivity index (χ4v) is 2.17. The van der Waals surface area contributed by atoms with Gasteiger partial charge in [0.15, 0.2) is 0 Å². The second-order valence-electron chi connectivity index (χ2n) is 4.67. The van der Waals surface area contributed by atoms with E-state index in [2.05, 4.69) is 30.8 Å². The van der Waals surface area contributed by atoms with E-state index in [0.717, 1.165) is 19.6 Å². The summed E-state index contributed by atoms with van der Waals surface area (Å²) in [7, 11) is 4.10. The Hall–Kier alpha value is -0.380. The Labute approximate surface area is 93.5 Å². The molecule has 15 heavy (non-hydrogen) atoms. The van der Waals surface area contributed by atoms with Crippen LogP contribution in [0, 0.1) is 0 Å². The van der Waals surface area contributed by atoms with Crippen molar-refractivity contribution in [1.82, 2.24) is 10.2 Å². The van der Waals surface area contributed by atoms with E-state index >= 15 is 0 Å². The number of hydrogen-bond acceptors (Lipinski definition) is 3. The first-order valence-corrected chi connectivity index (χ1v) is 5.74. The lowest BCUT2D eigenvalue weighted by atomic mass is 10.2. The van der Waals surface area contributed by atoms with Crippen LogP contribution in [0.1, 0.15) is 19.8 Å². The Kier molecular flexibility index (Phi) is 5.29. The van der Waals surface area contributed by atoms with Crippen LogP contribution in [0.4, 0.5) is 0 Å². The zero-order valence-corrected chi connectivity index (χ0v) is 10.3. The molecule has 0 aromatic rings. The molecule has 1 fully saturated rings. The zero-order chi connectivity index (χ0) is 11.3. The van der Waals surface area contributed by atoms with Gasteiger partial charge in [0.05, 0.1) is 12.2 Å². The molecule has 0 aromatic heterocycles. The van der Waals surface area contributed by atoms with Crippen LogP contribution in [0.2, 0.25) is 0 Å². The lowest BCUT2D eigenvalue weighted by molar-refractivity contribution is 0.0302. The standard InChI is InChI=1S/C12H24N2O/c1-10(2)8-14(4)9-12-6-5-11(15-12)7-13-3/h11-13H,1,5-9H2,2-4H3. The van der Waals surface area contributed by atoms with Gasteiger partial charge in [0.1, 0.15) is 0 Å². The summed E-state index contributed by atoms with van der Waals surface area (Å²) < 4.78 is 5.92. The molecule has 0 aromatic carbocycles. The fourth-order valence-electron chi connectivity index (χ4n) is 2.17. The van der Waals surface area contributed by atoms with E-state index in [1.54, 1.807) is 0 Å². The third-order valence-corrected chi connectivity index (χ3v) is 2.68. The van der Waals surface area contributed by atoms with Crippen molar-refractivity contribution in [2.75, 3.05) is 33.7 Å². The largest absolute Gasteiger partial charge is 0.372 e. The molecule has 2 unspecified atom stereocenters. The van der Waals surface area contributed by atoms with Crippen LogP contribution in [0.5, 0.6) is 0 Å². The molecule has 3 heteroatoms. The SMILES string of the molecule is C=C(C)CN(C)CC1CCC(CNC)O1. The summed E-state index contributed by atoms with van der Waals surface area (Å²) in [5, 5.41) is 3.16. The third kappa shape index (κ3) is 4.78. The van der Waals surface area contributed by atoms with Crippen LogP contribution in [0.3, 0.4) is 0 Å². The first kappa shape index (κ1) is 12.7. The zero-order valence-electron chi connectivity index (χ0n) is 10.3. The predicted molar refractivity (Wildman–Crippen MR) is 64.1 cm³/mol. The molecular weight excluding hydrogens is 188 g/mol. The van der Waals surface area contributed by atoms with Gasteiger partial charge in [-0.15, -0.1) is 0 Å². The maximum atomic E-state index is 5.92. The van der Waals surface area contributed by atoms with Crippen LogP contribution in [0.25, 0.3) is 0 Å². The number of hydrogen-bond donors (Lipinski definition) is 1. The predicted octanol–water partition coefficient (Wildman–Crippen LogP) is 1.26. The van der Waals surface area contributed by atoms with Gasteiger partial charge in [0, 0.05) is 19.6 Å². The molecule has 0 radical (unpaired) electrons. The molecule has 0 amide bonds. The number of likely N-dealkylation sites (N-methyl/N-ethyl adjacent to an activating group) is 2. The van der Waals surface area contributed by atoms with Gasteiger partial charge in [-0.3, -0.25) is 4.90 Å². The summed E-state index contributed by atoms with van der Waals surface area (Å²) in [6.07, 6.45) is 3.20. The van der Waals surface area contributed by atoms with E-state index in [0.29, 0.717) is 12.2 Å². The minimum Gasteiger partial charge on any atom is -0.372 e. The number of rotatable bonds is 6. The van der Waals surface area contributed by atoms with Crippen LogP contribution >= 0.6 is 0 Å². The van der Waals surface area contributed by atoms with E-state index in [1.165, 1.54) is 18.4 Å². The number of ether oxygens (including phenoxy) is 1. The van der Waals surface area contributed by atoms with Crippen molar-refractivity contribution in [3.63, 3.8) is 0 Å². The summed E-state index contributed by atoms with van der Waals surface area (Å²) in [6.45, 7) is 8.95. The monoisotopic (exact) mass is 212 g/mol. The van der Waals surface area contributed by atoms with E-state index in [4.69, 9.17) is 4.74 Å². The van der Waals surface area contributed by atoms with Crippen LogP contribution < -0.4 is 5.32 Å². The topological polar surface area (TPSA) is 24.5 Å². The van der Waals surface area contributed by atoms with Crippen LogP contribution in [-0.4, -0.2) is 50.8 Å². The van der Waals surface area contributed by atoms with Crippen molar-refractivity contribution in [3.8, 4) is 0 Å². The van der Waals surface area contributed by atoms with E-state index in [9.17, 15) is 0 Å². The van der Waals surface area contributed by atoms with Crippen molar-refractivity contribution >= 4 is 0 Å². The highest BCUT2D eigenvalue weighted by atomic mass is 16.5. The molecule has 1 aliphatic rings. The lowest BCUT2D eigenvalue weighted by Gasteiger charge is -2.21. The summed E-state index contributed by atoms with van der Waals surface area (Å²) >= 11 is 0. The van der Waals surface area contributed by atoms with Gasteiger partial charge in [0.25, 0.3) is 0 Å². The first-order valence-electron chi connectivity index (χ1n) is 5.74. The fraction of sp³-hybridized carbons (Fsp3) is 0.833. The van der Waals surface area contributed by atoms with Gasteiger partial charge >= 0.3 is 0 Å². The molecule has 2 atom stereocenters. The number of nitrogens with zero attached hydrogens (tertiary/aromatic N) is 1. The first-order chi connectivity index (χ1) is 7.11. The highest BCUT2D eigenvalue weighted by Crippen LogP contribution is 2.19. The van der Waals surface area contributed by atoms with Gasteiger partial charge in [-0.1, -0.05) is 12.2 Å².